The summed E-state index contributed by atoms with van der Waals surface area (Å²) in [7, 11) is 0. The molecule has 23 heavy (non-hydrogen) atoms. The second-order valence-corrected chi connectivity index (χ2v) is 5.83. The predicted octanol–water partition coefficient (Wildman–Crippen LogP) is 1.86. The maximum absolute atomic E-state index is 12.9. The highest BCUT2D eigenvalue weighted by Crippen LogP contribution is 2.17. The van der Waals surface area contributed by atoms with Crippen LogP contribution in [0.2, 0.25) is 0 Å². The topological polar surface area (TPSA) is 78.4 Å². The Labute approximate surface area is 137 Å². The van der Waals surface area contributed by atoms with E-state index in [1.54, 1.807) is 23.8 Å². The van der Waals surface area contributed by atoms with Crippen LogP contribution >= 0.6 is 11.3 Å². The van der Waals surface area contributed by atoms with Gasteiger partial charge >= 0.3 is 0 Å². The molecular weight excluding hydrogens is 319 g/mol. The summed E-state index contributed by atoms with van der Waals surface area (Å²) in [6, 6.07) is 6.49. The van der Waals surface area contributed by atoms with E-state index in [-0.39, 0.29) is 12.5 Å². The number of aliphatic hydroxyl groups is 1. The van der Waals surface area contributed by atoms with Crippen LogP contribution < -0.4 is 10.6 Å². The normalized spacial score (nSPS) is 13.2. The van der Waals surface area contributed by atoms with Crippen LogP contribution in [0, 0.1) is 5.82 Å². The second kappa shape index (κ2) is 7.85. The molecule has 122 valence electrons. The number of hydrogen-bond donors (Lipinski definition) is 3. The van der Waals surface area contributed by atoms with Gasteiger partial charge in [0.05, 0.1) is 18.7 Å². The molecular formula is C16H17FN2O3S. The molecule has 2 rings (SSSR count). The van der Waals surface area contributed by atoms with Crippen molar-refractivity contribution in [1.29, 1.82) is 0 Å². The standard InChI is InChI=1S/C16H17FN2O3S/c1-10(15(21)11-2-4-13(17)5-3-11)19-14(20)8-18-16(22)12-6-7-23-9-12/h2-7,9-10,15,21H,8H2,1H3,(H,18,22)(H,19,20)/t10-,15+/m1/s1. The molecule has 0 bridgehead atoms. The first-order valence-corrected chi connectivity index (χ1v) is 7.95. The van der Waals surface area contributed by atoms with E-state index in [0.29, 0.717) is 11.1 Å². The number of aliphatic hydroxyl groups excluding tert-OH is 1. The molecule has 1 aromatic heterocycles. The Hall–Kier alpha value is -2.25. The minimum absolute atomic E-state index is 0.185. The largest absolute Gasteiger partial charge is 0.386 e. The number of thiophene rings is 1. The summed E-state index contributed by atoms with van der Waals surface area (Å²) in [5.74, 6) is -1.14. The van der Waals surface area contributed by atoms with E-state index in [4.69, 9.17) is 0 Å². The number of carbonyl (C=O) groups excluding carboxylic acids is 2. The third kappa shape index (κ3) is 4.87. The molecule has 2 aromatic rings. The average molecular weight is 336 g/mol. The molecule has 3 N–H and O–H groups in total. The zero-order chi connectivity index (χ0) is 16.8. The quantitative estimate of drug-likeness (QED) is 0.753. The molecule has 1 aromatic carbocycles. The molecule has 0 fully saturated rings. The van der Waals surface area contributed by atoms with Gasteiger partial charge in [0.1, 0.15) is 5.82 Å². The van der Waals surface area contributed by atoms with E-state index in [9.17, 15) is 19.1 Å². The molecule has 5 nitrogen and oxygen atoms in total. The van der Waals surface area contributed by atoms with Crippen LogP contribution in [0.3, 0.4) is 0 Å². The number of hydrogen-bond acceptors (Lipinski definition) is 4. The van der Waals surface area contributed by atoms with Gasteiger partial charge in [-0.2, -0.15) is 11.3 Å². The Morgan fingerprint density at radius 1 is 1.26 bits per heavy atom. The van der Waals surface area contributed by atoms with Gasteiger partial charge in [0.15, 0.2) is 0 Å². The van der Waals surface area contributed by atoms with Gasteiger partial charge in [-0.3, -0.25) is 9.59 Å². The molecule has 0 saturated carbocycles. The Morgan fingerprint density at radius 3 is 2.57 bits per heavy atom. The van der Waals surface area contributed by atoms with E-state index in [2.05, 4.69) is 10.6 Å². The Morgan fingerprint density at radius 2 is 1.96 bits per heavy atom. The second-order valence-electron chi connectivity index (χ2n) is 5.05. The van der Waals surface area contributed by atoms with Crippen molar-refractivity contribution in [2.45, 2.75) is 19.1 Å². The Balaban J connectivity index is 1.82. The van der Waals surface area contributed by atoms with Crippen LogP contribution in [0.5, 0.6) is 0 Å². The molecule has 2 amide bonds. The van der Waals surface area contributed by atoms with Gasteiger partial charge in [0.2, 0.25) is 5.91 Å². The molecule has 7 heteroatoms. The van der Waals surface area contributed by atoms with E-state index in [0.717, 1.165) is 0 Å². The SMILES string of the molecule is C[C@@H](NC(=O)CNC(=O)c1ccsc1)[C@H](O)c1ccc(F)cc1. The van der Waals surface area contributed by atoms with Crippen molar-refractivity contribution >= 4 is 23.2 Å². The fraction of sp³-hybridized carbons (Fsp3) is 0.250. The molecule has 0 aliphatic rings. The van der Waals surface area contributed by atoms with Gasteiger partial charge < -0.3 is 15.7 Å². The number of benzene rings is 1. The van der Waals surface area contributed by atoms with Crippen molar-refractivity contribution in [3.8, 4) is 0 Å². The van der Waals surface area contributed by atoms with Gasteiger partial charge in [-0.1, -0.05) is 12.1 Å². The summed E-state index contributed by atoms with van der Waals surface area (Å²) in [5.41, 5.74) is 1.00. The van der Waals surface area contributed by atoms with Gasteiger partial charge in [-0.05, 0) is 36.1 Å². The van der Waals surface area contributed by atoms with Crippen LogP contribution in [0.4, 0.5) is 4.39 Å². The summed E-state index contributed by atoms with van der Waals surface area (Å²) in [6.45, 7) is 1.45. The lowest BCUT2D eigenvalue weighted by Gasteiger charge is -2.20. The minimum Gasteiger partial charge on any atom is -0.386 e. The fourth-order valence-corrected chi connectivity index (χ4v) is 2.62. The van der Waals surface area contributed by atoms with Crippen LogP contribution in [-0.4, -0.2) is 29.5 Å². The fourth-order valence-electron chi connectivity index (χ4n) is 1.99. The zero-order valence-electron chi connectivity index (χ0n) is 12.5. The van der Waals surface area contributed by atoms with Crippen molar-refractivity contribution in [3.05, 3.63) is 58.0 Å². The van der Waals surface area contributed by atoms with E-state index in [1.807, 2.05) is 0 Å². The molecule has 0 spiro atoms. The van der Waals surface area contributed by atoms with E-state index >= 15 is 0 Å². The molecule has 0 unspecified atom stereocenters. The summed E-state index contributed by atoms with van der Waals surface area (Å²) < 4.78 is 12.9. The molecule has 0 aliphatic carbocycles. The number of carbonyl (C=O) groups is 2. The summed E-state index contributed by atoms with van der Waals surface area (Å²) in [4.78, 5) is 23.5. The lowest BCUT2D eigenvalue weighted by Crippen LogP contribution is -2.43. The molecule has 1 heterocycles. The minimum atomic E-state index is -0.966. The van der Waals surface area contributed by atoms with Crippen molar-refractivity contribution in [2.24, 2.45) is 0 Å². The smallest absolute Gasteiger partial charge is 0.252 e. The van der Waals surface area contributed by atoms with E-state index < -0.39 is 23.9 Å². The number of nitrogens with one attached hydrogen (secondary N) is 2. The first-order valence-electron chi connectivity index (χ1n) is 7.00. The van der Waals surface area contributed by atoms with Gasteiger partial charge in [0.25, 0.3) is 5.91 Å². The summed E-state index contributed by atoms with van der Waals surface area (Å²) in [6.07, 6.45) is -0.966. The van der Waals surface area contributed by atoms with Crippen LogP contribution in [-0.2, 0) is 4.79 Å². The Bertz CT molecular complexity index is 658. The van der Waals surface area contributed by atoms with Crippen LogP contribution in [0.25, 0.3) is 0 Å². The number of rotatable bonds is 6. The molecule has 0 saturated heterocycles. The highest BCUT2D eigenvalue weighted by Gasteiger charge is 2.18. The third-order valence-electron chi connectivity index (χ3n) is 3.27. The lowest BCUT2D eigenvalue weighted by atomic mass is 10.0. The monoisotopic (exact) mass is 336 g/mol. The molecule has 0 radical (unpaired) electrons. The predicted molar refractivity (Wildman–Crippen MR) is 85.6 cm³/mol. The highest BCUT2D eigenvalue weighted by atomic mass is 32.1. The third-order valence-corrected chi connectivity index (χ3v) is 3.95. The highest BCUT2D eigenvalue weighted by molar-refractivity contribution is 7.08. The molecule has 2 atom stereocenters. The van der Waals surface area contributed by atoms with Gasteiger partial charge in [-0.25, -0.2) is 4.39 Å². The summed E-state index contributed by atoms with van der Waals surface area (Å²) >= 11 is 1.39. The zero-order valence-corrected chi connectivity index (χ0v) is 13.3. The summed E-state index contributed by atoms with van der Waals surface area (Å²) in [5, 5.41) is 18.7. The van der Waals surface area contributed by atoms with Crippen molar-refractivity contribution in [3.63, 3.8) is 0 Å². The average Bonchev–Trinajstić information content (AvgIpc) is 3.07. The van der Waals surface area contributed by atoms with E-state index in [1.165, 1.54) is 35.6 Å². The van der Waals surface area contributed by atoms with Crippen molar-refractivity contribution in [2.75, 3.05) is 6.54 Å². The number of amides is 2. The van der Waals surface area contributed by atoms with Crippen LogP contribution in [0.1, 0.15) is 28.9 Å². The lowest BCUT2D eigenvalue weighted by molar-refractivity contribution is -0.121. The first-order chi connectivity index (χ1) is 11.0. The van der Waals surface area contributed by atoms with Gasteiger partial charge in [-0.15, -0.1) is 0 Å². The molecule has 0 aliphatic heterocycles. The first kappa shape index (κ1) is 17.1. The van der Waals surface area contributed by atoms with Crippen molar-refractivity contribution < 1.29 is 19.1 Å². The van der Waals surface area contributed by atoms with Crippen molar-refractivity contribution in [1.82, 2.24) is 10.6 Å². The van der Waals surface area contributed by atoms with Gasteiger partial charge in [0, 0.05) is 10.9 Å². The van der Waals surface area contributed by atoms with Crippen LogP contribution in [0.15, 0.2) is 41.1 Å². The Kier molecular flexibility index (Phi) is 5.84. The number of halogens is 1. The maximum atomic E-state index is 12.9. The maximum Gasteiger partial charge on any atom is 0.252 e.